The van der Waals surface area contributed by atoms with Crippen molar-refractivity contribution in [3.63, 3.8) is 0 Å². The zero-order valence-corrected chi connectivity index (χ0v) is 42.3. The SMILES string of the molecule is Cc1ncoc1-c1ccc([C@H](C)NC(=O)[C@@H]2C[C@@H](O)CN2C(=O)[C@@H](c2cc(OCCN3CCN(CCOc4cc(N5C6CCC5CN(c5cc(-c7ccccc7O)nnc5N)C6)ccn4)CC3)no2)C(C)C)cn1. The fraction of sp³-hybridized carbons (Fsp3) is 0.472. The number of nitrogens with two attached hydrogens (primary N) is 1. The third-order valence-electron chi connectivity index (χ3n) is 14.8. The van der Waals surface area contributed by atoms with E-state index in [2.05, 4.69) is 67.4 Å². The van der Waals surface area contributed by atoms with Gasteiger partial charge in [0.15, 0.2) is 23.7 Å². The van der Waals surface area contributed by atoms with E-state index < -0.39 is 24.1 Å². The molecule has 5 N–H and O–H groups in total. The number of phenols is 1. The van der Waals surface area contributed by atoms with Crippen molar-refractivity contribution in [2.45, 2.75) is 83.1 Å². The number of ether oxygens (including phenoxy) is 2. The molecule has 21 heteroatoms. The second kappa shape index (κ2) is 22.0. The van der Waals surface area contributed by atoms with Gasteiger partial charge < -0.3 is 54.4 Å². The van der Waals surface area contributed by atoms with E-state index in [-0.39, 0.29) is 54.4 Å². The highest BCUT2D eigenvalue weighted by Gasteiger charge is 2.44. The molecule has 4 aliphatic heterocycles. The van der Waals surface area contributed by atoms with Crippen LogP contribution in [0.1, 0.15) is 69.0 Å². The molecule has 2 bridgehead atoms. The van der Waals surface area contributed by atoms with Crippen LogP contribution in [0.25, 0.3) is 22.7 Å². The molecule has 0 spiro atoms. The quantitative estimate of drug-likeness (QED) is 0.0912. The van der Waals surface area contributed by atoms with Gasteiger partial charge in [-0.3, -0.25) is 24.4 Å². The number of benzene rings is 1. The van der Waals surface area contributed by atoms with Gasteiger partial charge in [-0.05, 0) is 73.7 Å². The second-order valence-electron chi connectivity index (χ2n) is 20.1. The molecule has 6 atom stereocenters. The lowest BCUT2D eigenvalue weighted by molar-refractivity contribution is -0.141. The number of hydrogen-bond donors (Lipinski definition) is 4. The molecule has 1 aromatic carbocycles. The third-order valence-corrected chi connectivity index (χ3v) is 14.8. The molecule has 4 saturated heterocycles. The molecule has 9 heterocycles. The average molecular weight is 1010 g/mol. The summed E-state index contributed by atoms with van der Waals surface area (Å²) >= 11 is 0. The maximum atomic E-state index is 14.2. The van der Waals surface area contributed by atoms with Crippen molar-refractivity contribution in [3.05, 3.63) is 96.5 Å². The summed E-state index contributed by atoms with van der Waals surface area (Å²) in [5, 5.41) is 36.8. The number of piperazine rings is 2. The van der Waals surface area contributed by atoms with E-state index in [0.717, 1.165) is 81.3 Å². The number of phenolic OH excluding ortho intramolecular Hbond substituents is 1. The number of aliphatic hydroxyl groups excluding tert-OH is 1. The van der Waals surface area contributed by atoms with Crippen molar-refractivity contribution < 1.29 is 38.2 Å². The first kappa shape index (κ1) is 50.2. The van der Waals surface area contributed by atoms with Crippen molar-refractivity contribution in [1.82, 2.24) is 50.3 Å². The molecule has 10 rings (SSSR count). The van der Waals surface area contributed by atoms with Gasteiger partial charge in [-0.25, -0.2) is 9.97 Å². The van der Waals surface area contributed by atoms with Crippen LogP contribution >= 0.6 is 0 Å². The molecule has 4 aliphatic rings. The molecular weight excluding hydrogens is 947 g/mol. The van der Waals surface area contributed by atoms with Crippen LogP contribution < -0.4 is 30.3 Å². The minimum Gasteiger partial charge on any atom is -0.507 e. The highest BCUT2D eigenvalue weighted by Crippen LogP contribution is 2.40. The zero-order chi connectivity index (χ0) is 51.5. The summed E-state index contributed by atoms with van der Waals surface area (Å²) in [6, 6.07) is 17.8. The van der Waals surface area contributed by atoms with Crippen molar-refractivity contribution in [3.8, 4) is 40.2 Å². The maximum Gasteiger partial charge on any atom is 0.254 e. The number of aryl methyl sites for hydroxylation is 1. The zero-order valence-electron chi connectivity index (χ0n) is 42.3. The topological polar surface area (TPSA) is 251 Å². The van der Waals surface area contributed by atoms with E-state index in [0.29, 0.717) is 59.9 Å². The number of aliphatic hydroxyl groups is 1. The fourth-order valence-corrected chi connectivity index (χ4v) is 10.9. The Bertz CT molecular complexity index is 2880. The van der Waals surface area contributed by atoms with Crippen molar-refractivity contribution >= 4 is 29.0 Å². The molecule has 0 saturated carbocycles. The summed E-state index contributed by atoms with van der Waals surface area (Å²) in [6.45, 7) is 15.0. The molecule has 5 aromatic heterocycles. The van der Waals surface area contributed by atoms with Crippen LogP contribution in [0.5, 0.6) is 17.5 Å². The van der Waals surface area contributed by atoms with Crippen LogP contribution in [0, 0.1) is 12.8 Å². The van der Waals surface area contributed by atoms with E-state index in [1.165, 1.54) is 11.3 Å². The van der Waals surface area contributed by atoms with Gasteiger partial charge in [0.2, 0.25) is 17.7 Å². The molecule has 74 heavy (non-hydrogen) atoms. The Balaban J connectivity index is 0.655. The Kier molecular flexibility index (Phi) is 14.9. The molecule has 0 radical (unpaired) electrons. The van der Waals surface area contributed by atoms with Crippen LogP contribution in [-0.4, -0.2) is 163 Å². The van der Waals surface area contributed by atoms with Crippen molar-refractivity contribution in [2.75, 3.05) is 87.7 Å². The number of carbonyl (C=O) groups excluding carboxylic acids is 2. The smallest absolute Gasteiger partial charge is 0.254 e. The first-order valence-corrected chi connectivity index (χ1v) is 25.6. The number of amides is 2. The first-order chi connectivity index (χ1) is 35.9. The number of anilines is 3. The van der Waals surface area contributed by atoms with Gasteiger partial charge in [0.1, 0.15) is 36.6 Å². The number of pyridine rings is 2. The predicted molar refractivity (Wildman–Crippen MR) is 274 cm³/mol. The number of β-amino-alcohol motifs (C(OH)–C–C–N with tert-alkyl or cyclic N) is 1. The average Bonchev–Trinajstić information content (AvgIpc) is 4.20. The number of likely N-dealkylation sites (tertiary alicyclic amines) is 1. The number of aromatic hydroxyl groups is 1. The normalized spacial score (nSPS) is 21.0. The largest absolute Gasteiger partial charge is 0.507 e. The number of para-hydroxylation sites is 1. The first-order valence-electron chi connectivity index (χ1n) is 25.6. The van der Waals surface area contributed by atoms with Gasteiger partial charge in [-0.15, -0.1) is 10.2 Å². The summed E-state index contributed by atoms with van der Waals surface area (Å²) in [6.07, 6.45) is 6.26. The van der Waals surface area contributed by atoms with Crippen molar-refractivity contribution in [1.29, 1.82) is 0 Å². The third kappa shape index (κ3) is 10.9. The van der Waals surface area contributed by atoms with E-state index in [1.807, 2.05) is 64.2 Å². The fourth-order valence-electron chi connectivity index (χ4n) is 10.9. The number of fused-ring (bicyclic) bond motifs is 2. The number of nitrogens with one attached hydrogen (secondary N) is 1. The Labute approximate surface area is 429 Å². The number of carbonyl (C=O) groups is 2. The minimum atomic E-state index is -0.867. The highest BCUT2D eigenvalue weighted by molar-refractivity contribution is 5.91. The Morgan fingerprint density at radius 1 is 0.865 bits per heavy atom. The van der Waals surface area contributed by atoms with Crippen LogP contribution in [0.2, 0.25) is 0 Å². The van der Waals surface area contributed by atoms with Crippen LogP contribution in [0.15, 0.2) is 88.4 Å². The van der Waals surface area contributed by atoms with E-state index in [9.17, 15) is 19.8 Å². The lowest BCUT2D eigenvalue weighted by Gasteiger charge is -2.43. The maximum absolute atomic E-state index is 14.2. The summed E-state index contributed by atoms with van der Waals surface area (Å²) in [5.74, 6) is 0.737. The van der Waals surface area contributed by atoms with Gasteiger partial charge in [-0.2, -0.15) is 0 Å². The van der Waals surface area contributed by atoms with E-state index in [1.54, 1.807) is 24.4 Å². The number of hydrogen-bond acceptors (Lipinski definition) is 19. The Morgan fingerprint density at radius 3 is 2.27 bits per heavy atom. The highest BCUT2D eigenvalue weighted by atomic mass is 16.5. The standard InChI is InChI=1S/C53H65N13O8/c1-32(2)49(53(70)65-30-39(67)24-44(65)52(69)58-33(3)35-9-12-41(56-27-35)50-34(4)57-31-73-50)46-26-48(61-74-46)72-22-20-63-17-15-62(16-18-63)19-21-71-47-23-36(13-14-55-47)66-37-10-11-38(66)29-64(28-37)43-25-42(59-60-51(43)54)40-7-5-6-8-45(40)68/h5-9,12-14,23,25-27,31-33,37-39,44,49,67-68H,10-11,15-22,24,28-30H2,1-4H3,(H2,54,60)(H,58,69)/t33-,37?,38?,39+,44-,49+/m0/s1. The number of oxazole rings is 1. The summed E-state index contributed by atoms with van der Waals surface area (Å²) in [7, 11) is 0. The molecule has 6 aromatic rings. The van der Waals surface area contributed by atoms with Crippen LogP contribution in [0.3, 0.4) is 0 Å². The minimum absolute atomic E-state index is 0.0280. The molecule has 0 aliphatic carbocycles. The molecule has 21 nitrogen and oxygen atoms in total. The number of nitrogens with zero attached hydrogens (tertiary/aromatic N) is 11. The molecular formula is C53H65N13O8. The predicted octanol–water partition coefficient (Wildman–Crippen LogP) is 4.68. The molecule has 2 unspecified atom stereocenters. The number of aromatic nitrogens is 6. The summed E-state index contributed by atoms with van der Waals surface area (Å²) in [5.41, 5.74) is 11.7. The summed E-state index contributed by atoms with van der Waals surface area (Å²) in [4.78, 5) is 52.1. The summed E-state index contributed by atoms with van der Waals surface area (Å²) < 4.78 is 23.4. The van der Waals surface area contributed by atoms with Gasteiger partial charge in [0.25, 0.3) is 5.88 Å². The second-order valence-corrected chi connectivity index (χ2v) is 20.1. The Hall–Kier alpha value is -7.36. The molecule has 4 fully saturated rings. The van der Waals surface area contributed by atoms with Crippen LogP contribution in [0.4, 0.5) is 17.2 Å². The molecule has 390 valence electrons. The molecule has 2 amide bonds. The number of rotatable bonds is 18. The van der Waals surface area contributed by atoms with Gasteiger partial charge in [0, 0.05) is 113 Å². The van der Waals surface area contributed by atoms with E-state index >= 15 is 0 Å². The van der Waals surface area contributed by atoms with Crippen molar-refractivity contribution in [2.24, 2.45) is 5.92 Å². The lowest BCUT2D eigenvalue weighted by atomic mass is 9.91. The monoisotopic (exact) mass is 1010 g/mol. The van der Waals surface area contributed by atoms with E-state index in [4.69, 9.17) is 24.1 Å². The Morgan fingerprint density at radius 2 is 1.59 bits per heavy atom. The van der Waals surface area contributed by atoms with Gasteiger partial charge in [-0.1, -0.05) is 32.0 Å². The lowest BCUT2D eigenvalue weighted by Crippen LogP contribution is -2.54. The van der Waals surface area contributed by atoms with Gasteiger partial charge in [0.05, 0.1) is 29.2 Å². The van der Waals surface area contributed by atoms with Gasteiger partial charge >= 0.3 is 0 Å². The number of nitrogen functional groups attached to an aromatic ring is 1. The van der Waals surface area contributed by atoms with Crippen LogP contribution in [-0.2, 0) is 9.59 Å².